The number of anilines is 1. The third kappa shape index (κ3) is 3.65. The van der Waals surface area contributed by atoms with Gasteiger partial charge in [0.15, 0.2) is 11.5 Å². The minimum atomic E-state index is -0.0127. The number of nitrogens with zero attached hydrogens (tertiary/aromatic N) is 2. The zero-order valence-corrected chi connectivity index (χ0v) is 15.1. The number of ether oxygens (including phenoxy) is 2. The number of carbonyl (C=O) groups excluding carboxylic acids is 1. The first kappa shape index (κ1) is 17.1. The molecule has 27 heavy (non-hydrogen) atoms. The molecule has 3 aromatic rings. The lowest BCUT2D eigenvalue weighted by atomic mass is 10.1. The van der Waals surface area contributed by atoms with Crippen molar-refractivity contribution in [3.63, 3.8) is 0 Å². The fraction of sp³-hybridized carbons (Fsp3) is 0.238. The van der Waals surface area contributed by atoms with Gasteiger partial charge in [0.05, 0.1) is 0 Å². The molecule has 2 aromatic carbocycles. The molecule has 6 nitrogen and oxygen atoms in total. The Morgan fingerprint density at radius 2 is 2.04 bits per heavy atom. The Morgan fingerprint density at radius 3 is 2.93 bits per heavy atom. The van der Waals surface area contributed by atoms with Crippen molar-refractivity contribution in [1.29, 1.82) is 0 Å². The Bertz CT molecular complexity index is 965. The minimum absolute atomic E-state index is 0.0127. The van der Waals surface area contributed by atoms with Gasteiger partial charge in [0.2, 0.25) is 12.7 Å². The number of nitrogens with one attached hydrogen (secondary N) is 1. The Labute approximate surface area is 157 Å². The highest BCUT2D eigenvalue weighted by Gasteiger charge is 2.16. The van der Waals surface area contributed by atoms with Crippen molar-refractivity contribution < 1.29 is 14.3 Å². The lowest BCUT2D eigenvalue weighted by molar-refractivity contribution is -0.116. The van der Waals surface area contributed by atoms with E-state index in [0.29, 0.717) is 13.0 Å². The number of hydrogen-bond acceptors (Lipinski definition) is 4. The van der Waals surface area contributed by atoms with Crippen molar-refractivity contribution in [2.24, 2.45) is 0 Å². The van der Waals surface area contributed by atoms with E-state index in [0.717, 1.165) is 40.6 Å². The van der Waals surface area contributed by atoms with E-state index in [2.05, 4.69) is 17.2 Å². The Hall–Kier alpha value is -3.28. The molecule has 2 heterocycles. The van der Waals surface area contributed by atoms with Crippen LogP contribution >= 0.6 is 0 Å². The van der Waals surface area contributed by atoms with Gasteiger partial charge in [-0.15, -0.1) is 0 Å². The summed E-state index contributed by atoms with van der Waals surface area (Å²) in [5, 5.41) is 3.01. The second kappa shape index (κ2) is 7.53. The van der Waals surface area contributed by atoms with E-state index < -0.39 is 0 Å². The number of para-hydroxylation sites is 1. The summed E-state index contributed by atoms with van der Waals surface area (Å²) in [4.78, 5) is 16.8. The fourth-order valence-corrected chi connectivity index (χ4v) is 3.17. The molecule has 138 valence electrons. The van der Waals surface area contributed by atoms with Crippen molar-refractivity contribution >= 4 is 11.6 Å². The van der Waals surface area contributed by atoms with Gasteiger partial charge in [-0.05, 0) is 36.2 Å². The molecule has 6 heteroatoms. The van der Waals surface area contributed by atoms with Crippen LogP contribution in [0.15, 0.2) is 54.9 Å². The van der Waals surface area contributed by atoms with E-state index in [1.54, 1.807) is 6.20 Å². The molecule has 0 unspecified atom stereocenters. The third-order valence-corrected chi connectivity index (χ3v) is 4.60. The molecular formula is C21H21N3O3. The SMILES string of the molecule is CCc1ccccc1NC(=O)CCn1ccnc1-c1ccc2c(c1)OCO2. The van der Waals surface area contributed by atoms with Gasteiger partial charge in [-0.25, -0.2) is 4.98 Å². The minimum Gasteiger partial charge on any atom is -0.454 e. The number of aryl methyl sites for hydroxylation is 2. The van der Waals surface area contributed by atoms with Crippen LogP contribution < -0.4 is 14.8 Å². The quantitative estimate of drug-likeness (QED) is 0.722. The summed E-state index contributed by atoms with van der Waals surface area (Å²) >= 11 is 0. The number of rotatable bonds is 6. The van der Waals surface area contributed by atoms with Crippen LogP contribution in [0.2, 0.25) is 0 Å². The van der Waals surface area contributed by atoms with E-state index in [9.17, 15) is 4.79 Å². The van der Waals surface area contributed by atoms with Gasteiger partial charge in [-0.2, -0.15) is 0 Å². The summed E-state index contributed by atoms with van der Waals surface area (Å²) in [6, 6.07) is 13.6. The number of amides is 1. The smallest absolute Gasteiger partial charge is 0.231 e. The average molecular weight is 363 g/mol. The van der Waals surface area contributed by atoms with Crippen molar-refractivity contribution in [2.75, 3.05) is 12.1 Å². The molecule has 0 bridgehead atoms. The van der Waals surface area contributed by atoms with Crippen molar-refractivity contribution in [1.82, 2.24) is 9.55 Å². The molecule has 1 N–H and O–H groups in total. The average Bonchev–Trinajstić information content (AvgIpc) is 3.35. The van der Waals surface area contributed by atoms with Crippen LogP contribution in [-0.4, -0.2) is 22.3 Å². The summed E-state index contributed by atoms with van der Waals surface area (Å²) in [5.74, 6) is 2.25. The first-order chi connectivity index (χ1) is 13.2. The molecule has 4 rings (SSSR count). The van der Waals surface area contributed by atoms with E-state index in [1.165, 1.54) is 0 Å². The number of aromatic nitrogens is 2. The molecule has 0 radical (unpaired) electrons. The largest absolute Gasteiger partial charge is 0.454 e. The summed E-state index contributed by atoms with van der Waals surface area (Å²) < 4.78 is 12.8. The second-order valence-corrected chi connectivity index (χ2v) is 6.32. The molecule has 0 fully saturated rings. The number of carbonyl (C=O) groups is 1. The van der Waals surface area contributed by atoms with Gasteiger partial charge < -0.3 is 19.4 Å². The zero-order chi connectivity index (χ0) is 18.6. The molecule has 0 saturated heterocycles. The number of hydrogen-bond donors (Lipinski definition) is 1. The molecule has 1 amide bonds. The van der Waals surface area contributed by atoms with Crippen LogP contribution in [0.1, 0.15) is 18.9 Å². The fourth-order valence-electron chi connectivity index (χ4n) is 3.17. The van der Waals surface area contributed by atoms with Crippen LogP contribution in [0.4, 0.5) is 5.69 Å². The van der Waals surface area contributed by atoms with Gasteiger partial charge in [0.25, 0.3) is 0 Å². The molecule has 0 aliphatic carbocycles. The van der Waals surface area contributed by atoms with E-state index >= 15 is 0 Å². The first-order valence-corrected chi connectivity index (χ1v) is 9.03. The van der Waals surface area contributed by atoms with Crippen LogP contribution in [0.5, 0.6) is 11.5 Å². The van der Waals surface area contributed by atoms with E-state index in [4.69, 9.17) is 9.47 Å². The van der Waals surface area contributed by atoms with Gasteiger partial charge >= 0.3 is 0 Å². The first-order valence-electron chi connectivity index (χ1n) is 9.03. The van der Waals surface area contributed by atoms with Crippen molar-refractivity contribution in [3.05, 3.63) is 60.4 Å². The lowest BCUT2D eigenvalue weighted by Crippen LogP contribution is -2.15. The molecule has 1 aliphatic rings. The predicted molar refractivity (Wildman–Crippen MR) is 103 cm³/mol. The molecule has 0 saturated carbocycles. The summed E-state index contributed by atoms with van der Waals surface area (Å²) in [6.07, 6.45) is 4.87. The van der Waals surface area contributed by atoms with Gasteiger partial charge in [0.1, 0.15) is 5.82 Å². The number of fused-ring (bicyclic) bond motifs is 1. The monoisotopic (exact) mass is 363 g/mol. The van der Waals surface area contributed by atoms with Crippen LogP contribution in [-0.2, 0) is 17.8 Å². The van der Waals surface area contributed by atoms with Gasteiger partial charge in [-0.3, -0.25) is 4.79 Å². The van der Waals surface area contributed by atoms with Crippen molar-refractivity contribution in [3.8, 4) is 22.9 Å². The number of imidazole rings is 1. The van der Waals surface area contributed by atoms with E-state index in [-0.39, 0.29) is 12.7 Å². The van der Waals surface area contributed by atoms with Crippen LogP contribution in [0.25, 0.3) is 11.4 Å². The third-order valence-electron chi connectivity index (χ3n) is 4.60. The van der Waals surface area contributed by atoms with Crippen molar-refractivity contribution in [2.45, 2.75) is 26.3 Å². The lowest BCUT2D eigenvalue weighted by Gasteiger charge is -2.11. The molecule has 0 atom stereocenters. The Balaban J connectivity index is 1.44. The maximum absolute atomic E-state index is 12.4. The maximum Gasteiger partial charge on any atom is 0.231 e. The standard InChI is InChI=1S/C21H21N3O3/c1-2-15-5-3-4-6-17(15)23-20(25)9-11-24-12-10-22-21(24)16-7-8-18-19(13-16)27-14-26-18/h3-8,10,12-13H,2,9,11,14H2,1H3,(H,23,25). The Morgan fingerprint density at radius 1 is 1.19 bits per heavy atom. The van der Waals surface area contributed by atoms with E-state index in [1.807, 2.05) is 53.2 Å². The van der Waals surface area contributed by atoms with Crippen LogP contribution in [0, 0.1) is 0 Å². The molecular weight excluding hydrogens is 342 g/mol. The van der Waals surface area contributed by atoms with Gasteiger partial charge in [-0.1, -0.05) is 25.1 Å². The number of benzene rings is 2. The molecule has 1 aliphatic heterocycles. The normalized spacial score (nSPS) is 12.2. The highest BCUT2D eigenvalue weighted by Crippen LogP contribution is 2.35. The molecule has 0 spiro atoms. The highest BCUT2D eigenvalue weighted by atomic mass is 16.7. The van der Waals surface area contributed by atoms with Gasteiger partial charge in [0, 0.05) is 36.6 Å². The summed E-state index contributed by atoms with van der Waals surface area (Å²) in [5.41, 5.74) is 2.95. The topological polar surface area (TPSA) is 65.4 Å². The predicted octanol–water partition coefficient (Wildman–Crippen LogP) is 3.87. The highest BCUT2D eigenvalue weighted by molar-refractivity contribution is 5.91. The zero-order valence-electron chi connectivity index (χ0n) is 15.1. The second-order valence-electron chi connectivity index (χ2n) is 6.32. The Kier molecular flexibility index (Phi) is 4.78. The summed E-state index contributed by atoms with van der Waals surface area (Å²) in [6.45, 7) is 2.87. The molecule has 1 aromatic heterocycles. The van der Waals surface area contributed by atoms with Crippen LogP contribution in [0.3, 0.4) is 0 Å². The maximum atomic E-state index is 12.4. The summed E-state index contributed by atoms with van der Waals surface area (Å²) in [7, 11) is 0.